The summed E-state index contributed by atoms with van der Waals surface area (Å²) in [4.78, 5) is 39.0. The predicted molar refractivity (Wildman–Crippen MR) is 122 cm³/mol. The van der Waals surface area contributed by atoms with Crippen LogP contribution in [-0.2, 0) is 16.1 Å². The molecule has 0 spiro atoms. The highest BCUT2D eigenvalue weighted by Crippen LogP contribution is 2.20. The molecule has 4 amide bonds. The van der Waals surface area contributed by atoms with Gasteiger partial charge in [-0.2, -0.15) is 0 Å². The van der Waals surface area contributed by atoms with E-state index in [4.69, 9.17) is 0 Å². The van der Waals surface area contributed by atoms with E-state index >= 15 is 0 Å². The number of rotatable bonds is 6. The molecule has 1 saturated heterocycles. The van der Waals surface area contributed by atoms with E-state index in [9.17, 15) is 14.4 Å². The van der Waals surface area contributed by atoms with Gasteiger partial charge in [0.15, 0.2) is 0 Å². The van der Waals surface area contributed by atoms with Crippen LogP contribution in [0.3, 0.4) is 0 Å². The van der Waals surface area contributed by atoms with Gasteiger partial charge in [0.1, 0.15) is 6.04 Å². The van der Waals surface area contributed by atoms with E-state index in [2.05, 4.69) is 16.0 Å². The summed E-state index contributed by atoms with van der Waals surface area (Å²) in [6.07, 6.45) is 1.52. The zero-order valence-electron chi connectivity index (χ0n) is 18.3. The first-order chi connectivity index (χ1) is 14.8. The average molecular weight is 423 g/mol. The van der Waals surface area contributed by atoms with Gasteiger partial charge in [0.25, 0.3) is 0 Å². The van der Waals surface area contributed by atoms with Crippen molar-refractivity contribution < 1.29 is 14.4 Å². The minimum Gasteiger partial charge on any atom is -0.350 e. The van der Waals surface area contributed by atoms with Gasteiger partial charge in [-0.1, -0.05) is 38.1 Å². The Hall–Kier alpha value is -3.35. The molecule has 1 atom stereocenters. The number of nitrogens with zero attached hydrogens (tertiary/aromatic N) is 1. The van der Waals surface area contributed by atoms with Crippen LogP contribution >= 0.6 is 0 Å². The molecule has 7 nitrogen and oxygen atoms in total. The molecular formula is C24H30N4O3. The molecule has 31 heavy (non-hydrogen) atoms. The maximum atomic E-state index is 12.7. The van der Waals surface area contributed by atoms with Gasteiger partial charge >= 0.3 is 6.03 Å². The van der Waals surface area contributed by atoms with Crippen LogP contribution in [0.5, 0.6) is 0 Å². The lowest BCUT2D eigenvalue weighted by atomic mass is 10.1. The van der Waals surface area contributed by atoms with E-state index in [0.29, 0.717) is 25.2 Å². The van der Waals surface area contributed by atoms with Crippen LogP contribution in [0.25, 0.3) is 0 Å². The van der Waals surface area contributed by atoms with Crippen molar-refractivity contribution in [2.45, 2.75) is 46.2 Å². The van der Waals surface area contributed by atoms with Gasteiger partial charge in [-0.15, -0.1) is 0 Å². The third-order valence-electron chi connectivity index (χ3n) is 5.26. The summed E-state index contributed by atoms with van der Waals surface area (Å²) in [7, 11) is 0. The number of amides is 4. The molecule has 3 N–H and O–H groups in total. The van der Waals surface area contributed by atoms with Crippen molar-refractivity contribution in [3.05, 3.63) is 59.7 Å². The Morgan fingerprint density at radius 1 is 1.03 bits per heavy atom. The summed E-state index contributed by atoms with van der Waals surface area (Å²) in [5, 5.41) is 8.55. The second-order valence-electron chi connectivity index (χ2n) is 8.21. The second kappa shape index (κ2) is 10.1. The molecule has 0 aromatic heterocycles. The fourth-order valence-corrected chi connectivity index (χ4v) is 3.72. The van der Waals surface area contributed by atoms with E-state index in [1.165, 1.54) is 0 Å². The first kappa shape index (κ1) is 22.3. The Bertz CT molecular complexity index is 957. The van der Waals surface area contributed by atoms with Crippen LogP contribution in [0.4, 0.5) is 16.2 Å². The lowest BCUT2D eigenvalue weighted by Crippen LogP contribution is -2.47. The third kappa shape index (κ3) is 6.07. The number of urea groups is 1. The molecule has 2 aromatic carbocycles. The lowest BCUT2D eigenvalue weighted by Gasteiger charge is -2.25. The Morgan fingerprint density at radius 2 is 1.71 bits per heavy atom. The van der Waals surface area contributed by atoms with E-state index in [-0.39, 0.29) is 23.8 Å². The van der Waals surface area contributed by atoms with E-state index in [1.807, 2.05) is 63.2 Å². The predicted octanol–water partition coefficient (Wildman–Crippen LogP) is 3.90. The van der Waals surface area contributed by atoms with Gasteiger partial charge in [0, 0.05) is 30.4 Å². The van der Waals surface area contributed by atoms with E-state index in [1.54, 1.807) is 11.0 Å². The van der Waals surface area contributed by atoms with Crippen LogP contribution in [0.1, 0.15) is 37.8 Å². The summed E-state index contributed by atoms with van der Waals surface area (Å²) in [6.45, 7) is 6.62. The standard InChI is InChI=1S/C24H30N4O3/c1-16(2)23(30)28-12-6-11-21(28)22(29)25-15-18-8-5-10-20(14-18)27-24(31)26-19-9-4-7-17(3)13-19/h4-5,7-10,13-14,16,21H,6,11-12,15H2,1-3H3,(H,25,29)(H2,26,27,31). The highest BCUT2D eigenvalue weighted by Gasteiger charge is 2.34. The number of hydrogen-bond acceptors (Lipinski definition) is 3. The number of carbonyl (C=O) groups is 3. The second-order valence-corrected chi connectivity index (χ2v) is 8.21. The minimum atomic E-state index is -0.406. The molecule has 1 aliphatic rings. The quantitative estimate of drug-likeness (QED) is 0.659. The van der Waals surface area contributed by atoms with Crippen molar-refractivity contribution in [1.29, 1.82) is 0 Å². The number of aryl methyl sites for hydroxylation is 1. The summed E-state index contributed by atoms with van der Waals surface area (Å²) in [5.74, 6) is -0.243. The zero-order chi connectivity index (χ0) is 22.4. The van der Waals surface area contributed by atoms with Crippen molar-refractivity contribution in [2.75, 3.05) is 17.2 Å². The number of carbonyl (C=O) groups excluding carboxylic acids is 3. The number of likely N-dealkylation sites (tertiary alicyclic amines) is 1. The van der Waals surface area contributed by atoms with Gasteiger partial charge in [0.2, 0.25) is 11.8 Å². The van der Waals surface area contributed by atoms with Crippen LogP contribution in [0, 0.1) is 12.8 Å². The molecule has 1 aliphatic heterocycles. The topological polar surface area (TPSA) is 90.5 Å². The summed E-state index contributed by atoms with van der Waals surface area (Å²) in [5.41, 5.74) is 3.28. The summed E-state index contributed by atoms with van der Waals surface area (Å²) < 4.78 is 0. The Balaban J connectivity index is 1.55. The molecule has 1 heterocycles. The van der Waals surface area contributed by atoms with Crippen LogP contribution in [-0.4, -0.2) is 35.3 Å². The fourth-order valence-electron chi connectivity index (χ4n) is 3.72. The van der Waals surface area contributed by atoms with Gasteiger partial charge < -0.3 is 20.9 Å². The van der Waals surface area contributed by atoms with E-state index < -0.39 is 6.04 Å². The summed E-state index contributed by atoms with van der Waals surface area (Å²) >= 11 is 0. The lowest BCUT2D eigenvalue weighted by molar-refractivity contribution is -0.140. The molecule has 0 radical (unpaired) electrons. The molecule has 3 rings (SSSR count). The molecule has 7 heteroatoms. The SMILES string of the molecule is Cc1cccc(NC(=O)Nc2cccc(CNC(=O)C3CCCN3C(=O)C(C)C)c2)c1. The Labute approximate surface area is 183 Å². The maximum absolute atomic E-state index is 12.7. The van der Waals surface area contributed by atoms with Crippen molar-refractivity contribution in [2.24, 2.45) is 5.92 Å². The fraction of sp³-hybridized carbons (Fsp3) is 0.375. The minimum absolute atomic E-state index is 0.0171. The maximum Gasteiger partial charge on any atom is 0.323 e. The molecule has 0 aliphatic carbocycles. The number of hydrogen-bond donors (Lipinski definition) is 3. The van der Waals surface area contributed by atoms with Gasteiger partial charge in [-0.3, -0.25) is 9.59 Å². The molecule has 2 aromatic rings. The van der Waals surface area contributed by atoms with Crippen LogP contribution in [0.2, 0.25) is 0 Å². The molecule has 164 valence electrons. The van der Waals surface area contributed by atoms with Crippen molar-refractivity contribution in [3.8, 4) is 0 Å². The molecule has 0 bridgehead atoms. The van der Waals surface area contributed by atoms with Crippen molar-refractivity contribution >= 4 is 29.2 Å². The van der Waals surface area contributed by atoms with Gasteiger partial charge in [0.05, 0.1) is 0 Å². The number of anilines is 2. The van der Waals surface area contributed by atoms with Crippen molar-refractivity contribution in [1.82, 2.24) is 10.2 Å². The highest BCUT2D eigenvalue weighted by molar-refractivity contribution is 5.99. The summed E-state index contributed by atoms with van der Waals surface area (Å²) in [6, 6.07) is 14.2. The Morgan fingerprint density at radius 3 is 2.39 bits per heavy atom. The number of nitrogens with one attached hydrogen (secondary N) is 3. The van der Waals surface area contributed by atoms with Crippen LogP contribution in [0.15, 0.2) is 48.5 Å². The molecule has 1 unspecified atom stereocenters. The van der Waals surface area contributed by atoms with E-state index in [0.717, 1.165) is 23.2 Å². The van der Waals surface area contributed by atoms with Crippen LogP contribution < -0.4 is 16.0 Å². The first-order valence-corrected chi connectivity index (χ1v) is 10.7. The normalized spacial score (nSPS) is 15.6. The molecule has 0 saturated carbocycles. The largest absolute Gasteiger partial charge is 0.350 e. The monoisotopic (exact) mass is 422 g/mol. The zero-order valence-corrected chi connectivity index (χ0v) is 18.3. The third-order valence-corrected chi connectivity index (χ3v) is 5.26. The van der Waals surface area contributed by atoms with Gasteiger partial charge in [-0.25, -0.2) is 4.79 Å². The molecular weight excluding hydrogens is 392 g/mol. The average Bonchev–Trinajstić information content (AvgIpc) is 3.21. The molecule has 1 fully saturated rings. The Kier molecular flexibility index (Phi) is 7.28. The highest BCUT2D eigenvalue weighted by atomic mass is 16.2. The van der Waals surface area contributed by atoms with Gasteiger partial charge in [-0.05, 0) is 55.2 Å². The number of benzene rings is 2. The first-order valence-electron chi connectivity index (χ1n) is 10.7. The smallest absolute Gasteiger partial charge is 0.323 e. The van der Waals surface area contributed by atoms with Crippen molar-refractivity contribution in [3.63, 3.8) is 0 Å².